The van der Waals surface area contributed by atoms with Crippen molar-refractivity contribution in [3.63, 3.8) is 0 Å². The van der Waals surface area contributed by atoms with Gasteiger partial charge in [0.2, 0.25) is 0 Å². The van der Waals surface area contributed by atoms with Gasteiger partial charge >= 0.3 is 0 Å². The van der Waals surface area contributed by atoms with Crippen LogP contribution < -0.4 is 0 Å². The van der Waals surface area contributed by atoms with Gasteiger partial charge in [0, 0.05) is 29.7 Å². The van der Waals surface area contributed by atoms with Crippen molar-refractivity contribution >= 4 is 46.1 Å². The third kappa shape index (κ3) is 4.79. The van der Waals surface area contributed by atoms with E-state index in [9.17, 15) is 4.79 Å². The molecule has 0 radical (unpaired) electrons. The van der Waals surface area contributed by atoms with Gasteiger partial charge in [0.15, 0.2) is 0 Å². The van der Waals surface area contributed by atoms with E-state index in [2.05, 4.69) is 57.6 Å². The average molecular weight is 511 g/mol. The molecule has 2 aliphatic rings. The number of likely N-dealkylation sites (N-methyl/N-ethyl adjacent to an activating group) is 1. The summed E-state index contributed by atoms with van der Waals surface area (Å²) in [6.45, 7) is 5.77. The largest absolute Gasteiger partial charge is 0.323 e. The van der Waals surface area contributed by atoms with Crippen LogP contribution in [0.4, 0.5) is 0 Å². The molecule has 2 aromatic carbocycles. The number of benzene rings is 2. The van der Waals surface area contributed by atoms with Crippen LogP contribution in [0.5, 0.6) is 0 Å². The number of carbonyl (C=O) groups is 1. The van der Waals surface area contributed by atoms with Gasteiger partial charge in [-0.1, -0.05) is 41.4 Å². The first-order valence-corrected chi connectivity index (χ1v) is 13.2. The molecule has 3 heterocycles. The summed E-state index contributed by atoms with van der Waals surface area (Å²) in [6.07, 6.45) is 9.64. The first-order chi connectivity index (χ1) is 16.9. The van der Waals surface area contributed by atoms with E-state index in [-0.39, 0.29) is 11.6 Å². The molecule has 35 heavy (non-hydrogen) atoms. The molecule has 0 saturated carbocycles. The molecule has 0 bridgehead atoms. The fraction of sp³-hybridized carbons (Fsp3) is 0.429. The Morgan fingerprint density at radius 2 is 2.00 bits per heavy atom. The molecule has 184 valence electrons. The molecule has 5 rings (SSSR count). The third-order valence-corrected chi connectivity index (χ3v) is 8.46. The predicted octanol–water partition coefficient (Wildman–Crippen LogP) is 6.09. The highest BCUT2D eigenvalue weighted by atomic mass is 35.5. The Balaban J connectivity index is 1.36. The summed E-state index contributed by atoms with van der Waals surface area (Å²) in [5.41, 5.74) is 5.32. The van der Waals surface area contributed by atoms with Gasteiger partial charge in [0.25, 0.3) is 0 Å². The van der Waals surface area contributed by atoms with Gasteiger partial charge in [-0.3, -0.25) is 9.80 Å². The Morgan fingerprint density at radius 3 is 2.71 bits per heavy atom. The number of rotatable bonds is 6. The Morgan fingerprint density at radius 1 is 1.14 bits per heavy atom. The van der Waals surface area contributed by atoms with Gasteiger partial charge in [0.1, 0.15) is 6.29 Å². The quantitative estimate of drug-likeness (QED) is 0.376. The van der Waals surface area contributed by atoms with E-state index in [1.807, 2.05) is 18.5 Å². The van der Waals surface area contributed by atoms with E-state index >= 15 is 0 Å². The molecule has 5 nitrogen and oxygen atoms in total. The van der Waals surface area contributed by atoms with Crippen LogP contribution >= 0.6 is 23.2 Å². The fourth-order valence-corrected chi connectivity index (χ4v) is 6.17. The Labute approximate surface area is 217 Å². The van der Waals surface area contributed by atoms with Crippen molar-refractivity contribution in [2.75, 3.05) is 33.2 Å². The highest BCUT2D eigenvalue weighted by Crippen LogP contribution is 2.33. The summed E-state index contributed by atoms with van der Waals surface area (Å²) in [5, 5.41) is 1.30. The van der Waals surface area contributed by atoms with Crippen LogP contribution in [0.15, 0.2) is 48.8 Å². The van der Waals surface area contributed by atoms with E-state index in [1.165, 1.54) is 23.8 Å². The highest BCUT2D eigenvalue weighted by Gasteiger charge is 2.38. The maximum absolute atomic E-state index is 12.1. The molecule has 1 aromatic heterocycles. The lowest BCUT2D eigenvalue weighted by molar-refractivity contribution is -0.121. The molecule has 2 atom stereocenters. The summed E-state index contributed by atoms with van der Waals surface area (Å²) >= 11 is 12.6. The van der Waals surface area contributed by atoms with Gasteiger partial charge in [-0.15, -0.1) is 0 Å². The van der Waals surface area contributed by atoms with Crippen molar-refractivity contribution in [3.05, 3.63) is 70.0 Å². The summed E-state index contributed by atoms with van der Waals surface area (Å²) in [7, 11) is 2.09. The normalized spacial score (nSPS) is 22.8. The van der Waals surface area contributed by atoms with Crippen molar-refractivity contribution in [2.45, 2.75) is 44.2 Å². The first kappa shape index (κ1) is 24.5. The van der Waals surface area contributed by atoms with Crippen LogP contribution in [-0.4, -0.2) is 64.4 Å². The van der Waals surface area contributed by atoms with E-state index in [0.29, 0.717) is 10.0 Å². The maximum atomic E-state index is 12.1. The first-order valence-electron chi connectivity index (χ1n) is 12.4. The number of hydrogen-bond donors (Lipinski definition) is 0. The molecule has 7 heteroatoms. The van der Waals surface area contributed by atoms with Crippen molar-refractivity contribution < 1.29 is 4.79 Å². The summed E-state index contributed by atoms with van der Waals surface area (Å²) in [5.74, 6) is 0. The predicted molar refractivity (Wildman–Crippen MR) is 144 cm³/mol. The Bertz CT molecular complexity index is 1270. The number of carbonyl (C=O) groups excluding carboxylic acids is 1. The molecule has 0 spiro atoms. The molecular formula is C28H32Cl2N4O. The number of nitrogens with zero attached hydrogens (tertiary/aromatic N) is 4. The average Bonchev–Trinajstić information content (AvgIpc) is 3.29. The SMILES string of the molecule is C[C@H](c1ccc(Cl)cc1Cl)n1cnc2ccc(C3=CCN(CC4(C=O)CCCCN4C)CC3)cc21. The van der Waals surface area contributed by atoms with Crippen molar-refractivity contribution in [2.24, 2.45) is 0 Å². The lowest BCUT2D eigenvalue weighted by atomic mass is 9.87. The van der Waals surface area contributed by atoms with Crippen molar-refractivity contribution in [1.29, 1.82) is 0 Å². The summed E-state index contributed by atoms with van der Waals surface area (Å²) in [6, 6.07) is 12.2. The van der Waals surface area contributed by atoms with Crippen LogP contribution in [0, 0.1) is 0 Å². The minimum absolute atomic E-state index is 0.0304. The number of aromatic nitrogens is 2. The zero-order chi connectivity index (χ0) is 24.6. The highest BCUT2D eigenvalue weighted by molar-refractivity contribution is 6.35. The van der Waals surface area contributed by atoms with Gasteiger partial charge in [0.05, 0.1) is 28.9 Å². The number of likely N-dealkylation sites (tertiary alicyclic amines) is 1. The molecule has 1 saturated heterocycles. The van der Waals surface area contributed by atoms with Gasteiger partial charge < -0.3 is 9.36 Å². The van der Waals surface area contributed by atoms with E-state index in [0.717, 1.165) is 62.0 Å². The zero-order valence-corrected chi connectivity index (χ0v) is 21.9. The number of hydrogen-bond acceptors (Lipinski definition) is 4. The number of aldehydes is 1. The number of imidazole rings is 1. The topological polar surface area (TPSA) is 41.4 Å². The zero-order valence-electron chi connectivity index (χ0n) is 20.4. The smallest absolute Gasteiger partial charge is 0.141 e. The Hall–Kier alpha value is -2.18. The van der Waals surface area contributed by atoms with E-state index < -0.39 is 0 Å². The number of fused-ring (bicyclic) bond motifs is 1. The van der Waals surface area contributed by atoms with Crippen LogP contribution in [0.25, 0.3) is 16.6 Å². The summed E-state index contributed by atoms with van der Waals surface area (Å²) in [4.78, 5) is 21.4. The minimum Gasteiger partial charge on any atom is -0.323 e. The standard InChI is InChI=1S/C28H32Cl2N4O/c1-20(24-7-6-23(29)16-25(24)30)34-19-31-26-8-5-22(15-27(26)34)21-9-13-33(14-10-21)17-28(18-35)11-3-4-12-32(28)2/h5-9,15-16,18-20H,3-4,10-14,17H2,1-2H3/t20-,28?/m1/s1. The second-order valence-electron chi connectivity index (χ2n) is 10.0. The molecule has 1 unspecified atom stereocenters. The maximum Gasteiger partial charge on any atom is 0.141 e. The van der Waals surface area contributed by atoms with E-state index in [4.69, 9.17) is 23.2 Å². The van der Waals surface area contributed by atoms with Crippen LogP contribution in [-0.2, 0) is 4.79 Å². The molecule has 3 aromatic rings. The number of piperidine rings is 1. The molecule has 2 aliphatic heterocycles. The van der Waals surface area contributed by atoms with Crippen molar-refractivity contribution in [3.8, 4) is 0 Å². The van der Waals surface area contributed by atoms with Crippen LogP contribution in [0.3, 0.4) is 0 Å². The molecule has 1 fully saturated rings. The second-order valence-corrected chi connectivity index (χ2v) is 10.9. The Kier molecular flexibility index (Phi) is 7.04. The van der Waals surface area contributed by atoms with Gasteiger partial charge in [-0.25, -0.2) is 4.98 Å². The van der Waals surface area contributed by atoms with Crippen LogP contribution in [0.1, 0.15) is 49.8 Å². The van der Waals surface area contributed by atoms with Crippen LogP contribution in [0.2, 0.25) is 10.0 Å². The minimum atomic E-state index is -0.339. The third-order valence-electron chi connectivity index (χ3n) is 7.90. The number of halogens is 2. The summed E-state index contributed by atoms with van der Waals surface area (Å²) < 4.78 is 2.18. The molecule has 0 aliphatic carbocycles. The fourth-order valence-electron chi connectivity index (χ4n) is 5.61. The van der Waals surface area contributed by atoms with Gasteiger partial charge in [-0.2, -0.15) is 0 Å². The second kappa shape index (κ2) is 10.1. The van der Waals surface area contributed by atoms with Gasteiger partial charge in [-0.05, 0) is 87.2 Å². The van der Waals surface area contributed by atoms with E-state index in [1.54, 1.807) is 6.07 Å². The molecule has 0 amide bonds. The molecule has 0 N–H and O–H groups in total. The molecular weight excluding hydrogens is 479 g/mol. The lowest BCUT2D eigenvalue weighted by Crippen LogP contribution is -2.58. The monoisotopic (exact) mass is 510 g/mol. The van der Waals surface area contributed by atoms with Crippen molar-refractivity contribution in [1.82, 2.24) is 19.4 Å². The lowest BCUT2D eigenvalue weighted by Gasteiger charge is -2.44.